The number of hydrogen-bond acceptors (Lipinski definition) is 1. The predicted octanol–water partition coefficient (Wildman–Crippen LogP) is 6.13. The molecule has 1 fully saturated rings. The highest BCUT2D eigenvalue weighted by molar-refractivity contribution is 6.31. The molecule has 0 radical (unpaired) electrons. The van der Waals surface area contributed by atoms with Crippen molar-refractivity contribution < 1.29 is 0 Å². The maximum atomic E-state index is 6.39. The van der Waals surface area contributed by atoms with Crippen LogP contribution in [0.25, 0.3) is 11.0 Å². The van der Waals surface area contributed by atoms with Gasteiger partial charge in [0.05, 0.1) is 16.4 Å². The van der Waals surface area contributed by atoms with Gasteiger partial charge in [-0.2, -0.15) is 0 Å². The summed E-state index contributed by atoms with van der Waals surface area (Å²) in [5.74, 6) is 1.80. The number of alkyl halides is 1. The topological polar surface area (TPSA) is 17.8 Å². The van der Waals surface area contributed by atoms with E-state index in [4.69, 9.17) is 28.2 Å². The Balaban J connectivity index is 2.10. The summed E-state index contributed by atoms with van der Waals surface area (Å²) in [5.41, 5.74) is 2.13. The third-order valence-electron chi connectivity index (χ3n) is 4.73. The second-order valence-electron chi connectivity index (χ2n) is 6.18. The van der Waals surface area contributed by atoms with Gasteiger partial charge in [-0.15, -0.1) is 11.6 Å². The predicted molar refractivity (Wildman–Crippen MR) is 90.3 cm³/mol. The van der Waals surface area contributed by atoms with Crippen molar-refractivity contribution >= 4 is 34.2 Å². The number of benzene rings is 1. The smallest absolute Gasteiger partial charge is 0.127 e. The van der Waals surface area contributed by atoms with Gasteiger partial charge in [0.1, 0.15) is 5.82 Å². The maximum absolute atomic E-state index is 6.39. The summed E-state index contributed by atoms with van der Waals surface area (Å²) in [6.07, 6.45) is 6.34. The van der Waals surface area contributed by atoms with E-state index >= 15 is 0 Å². The molecule has 2 nitrogen and oxygen atoms in total. The van der Waals surface area contributed by atoms with E-state index in [0.29, 0.717) is 6.04 Å². The zero-order chi connectivity index (χ0) is 15.0. The molecular weight excluding hydrogens is 303 g/mol. The molecule has 2 aromatic rings. The zero-order valence-electron chi connectivity index (χ0n) is 12.6. The normalized spacial score (nSPS) is 24.4. The molecule has 1 aromatic heterocycles. The molecule has 0 amide bonds. The maximum Gasteiger partial charge on any atom is 0.127 e. The first-order chi connectivity index (χ1) is 10.1. The number of aromatic nitrogens is 2. The van der Waals surface area contributed by atoms with E-state index in [1.807, 2.05) is 25.1 Å². The van der Waals surface area contributed by atoms with Gasteiger partial charge in [-0.3, -0.25) is 0 Å². The second kappa shape index (κ2) is 6.18. The monoisotopic (exact) mass is 324 g/mol. The molecule has 1 heterocycles. The molecule has 4 heteroatoms. The molecule has 1 saturated carbocycles. The SMILES string of the molecule is CCC1CCCC(n2c(C(C)Cl)nc3ccc(Cl)cc32)C1. The van der Waals surface area contributed by atoms with Crippen molar-refractivity contribution in [3.63, 3.8) is 0 Å². The molecule has 0 spiro atoms. The molecule has 21 heavy (non-hydrogen) atoms. The van der Waals surface area contributed by atoms with Crippen LogP contribution in [0.2, 0.25) is 5.02 Å². The fraction of sp³-hybridized carbons (Fsp3) is 0.588. The van der Waals surface area contributed by atoms with E-state index in [9.17, 15) is 0 Å². The van der Waals surface area contributed by atoms with E-state index in [1.54, 1.807) is 0 Å². The van der Waals surface area contributed by atoms with Crippen molar-refractivity contribution in [3.8, 4) is 0 Å². The Labute approximate surface area is 136 Å². The highest BCUT2D eigenvalue weighted by Crippen LogP contribution is 2.39. The summed E-state index contributed by atoms with van der Waals surface area (Å²) in [6.45, 7) is 4.29. The molecule has 3 unspecified atom stereocenters. The van der Waals surface area contributed by atoms with E-state index in [2.05, 4.69) is 11.5 Å². The molecule has 0 saturated heterocycles. The fourth-order valence-corrected chi connectivity index (χ4v) is 3.94. The third-order valence-corrected chi connectivity index (χ3v) is 5.16. The van der Waals surface area contributed by atoms with Crippen LogP contribution in [0.15, 0.2) is 18.2 Å². The van der Waals surface area contributed by atoms with Gasteiger partial charge in [0, 0.05) is 11.1 Å². The molecule has 1 aliphatic rings. The van der Waals surface area contributed by atoms with Crippen LogP contribution in [-0.2, 0) is 0 Å². The first kappa shape index (κ1) is 15.2. The highest BCUT2D eigenvalue weighted by atomic mass is 35.5. The lowest BCUT2D eigenvalue weighted by molar-refractivity contribution is 0.261. The Morgan fingerprint density at radius 1 is 1.38 bits per heavy atom. The van der Waals surface area contributed by atoms with E-state index in [-0.39, 0.29) is 5.38 Å². The highest BCUT2D eigenvalue weighted by Gasteiger charge is 2.27. The molecule has 3 atom stereocenters. The minimum Gasteiger partial charge on any atom is -0.324 e. The van der Waals surface area contributed by atoms with Gasteiger partial charge in [-0.1, -0.05) is 37.8 Å². The summed E-state index contributed by atoms with van der Waals surface area (Å²) in [5, 5.41) is 0.679. The summed E-state index contributed by atoms with van der Waals surface area (Å²) in [7, 11) is 0. The number of nitrogens with zero attached hydrogens (tertiary/aromatic N) is 2. The third kappa shape index (κ3) is 2.93. The van der Waals surface area contributed by atoms with Crippen LogP contribution in [-0.4, -0.2) is 9.55 Å². The first-order valence-electron chi connectivity index (χ1n) is 7.91. The van der Waals surface area contributed by atoms with Crippen molar-refractivity contribution in [2.24, 2.45) is 5.92 Å². The largest absolute Gasteiger partial charge is 0.324 e. The minimum absolute atomic E-state index is 0.0850. The molecule has 1 aromatic carbocycles. The van der Waals surface area contributed by atoms with Gasteiger partial charge >= 0.3 is 0 Å². The summed E-state index contributed by atoms with van der Waals surface area (Å²) in [6, 6.07) is 6.43. The van der Waals surface area contributed by atoms with Crippen molar-refractivity contribution in [2.45, 2.75) is 57.4 Å². The molecule has 3 rings (SSSR count). The van der Waals surface area contributed by atoms with Crippen LogP contribution < -0.4 is 0 Å². The number of rotatable bonds is 3. The molecule has 1 aliphatic carbocycles. The van der Waals surface area contributed by atoms with Crippen molar-refractivity contribution in [1.29, 1.82) is 0 Å². The molecular formula is C17H22Cl2N2. The van der Waals surface area contributed by atoms with Gasteiger partial charge in [0.2, 0.25) is 0 Å². The molecule has 0 aliphatic heterocycles. The van der Waals surface area contributed by atoms with Gasteiger partial charge in [0.25, 0.3) is 0 Å². The van der Waals surface area contributed by atoms with Crippen LogP contribution >= 0.6 is 23.2 Å². The van der Waals surface area contributed by atoms with Crippen molar-refractivity contribution in [1.82, 2.24) is 9.55 Å². The Morgan fingerprint density at radius 2 is 2.19 bits per heavy atom. The van der Waals surface area contributed by atoms with Gasteiger partial charge < -0.3 is 4.57 Å². The van der Waals surface area contributed by atoms with E-state index in [0.717, 1.165) is 27.8 Å². The Hall–Kier alpha value is -0.730. The fourth-order valence-electron chi connectivity index (χ4n) is 3.62. The quantitative estimate of drug-likeness (QED) is 0.621. The first-order valence-corrected chi connectivity index (χ1v) is 8.73. The average molecular weight is 325 g/mol. The van der Waals surface area contributed by atoms with E-state index in [1.165, 1.54) is 32.1 Å². The summed E-state index contributed by atoms with van der Waals surface area (Å²) in [4.78, 5) is 4.75. The zero-order valence-corrected chi connectivity index (χ0v) is 14.2. The average Bonchev–Trinajstić information content (AvgIpc) is 2.86. The van der Waals surface area contributed by atoms with Crippen LogP contribution in [0.1, 0.15) is 63.2 Å². The number of halogens is 2. The van der Waals surface area contributed by atoms with Gasteiger partial charge in [0.15, 0.2) is 0 Å². The lowest BCUT2D eigenvalue weighted by Gasteiger charge is -2.31. The molecule has 0 bridgehead atoms. The second-order valence-corrected chi connectivity index (χ2v) is 7.27. The molecule has 114 valence electrons. The Morgan fingerprint density at radius 3 is 2.90 bits per heavy atom. The lowest BCUT2D eigenvalue weighted by Crippen LogP contribution is -2.20. The summed E-state index contributed by atoms with van der Waals surface area (Å²) < 4.78 is 2.36. The standard InChI is InChI=1S/C17H22Cl2N2/c1-3-12-5-4-6-14(9-12)21-16-10-13(19)7-8-15(16)20-17(21)11(2)18/h7-8,10-12,14H,3-6,9H2,1-2H3. The van der Waals surface area contributed by atoms with Crippen LogP contribution in [0.4, 0.5) is 0 Å². The van der Waals surface area contributed by atoms with E-state index < -0.39 is 0 Å². The summed E-state index contributed by atoms with van der Waals surface area (Å²) >= 11 is 12.6. The van der Waals surface area contributed by atoms with Crippen LogP contribution in [0, 0.1) is 5.92 Å². The number of fused-ring (bicyclic) bond motifs is 1. The Bertz CT molecular complexity index is 633. The van der Waals surface area contributed by atoms with Crippen molar-refractivity contribution in [2.75, 3.05) is 0 Å². The van der Waals surface area contributed by atoms with Crippen LogP contribution in [0.3, 0.4) is 0 Å². The van der Waals surface area contributed by atoms with Gasteiger partial charge in [-0.25, -0.2) is 4.98 Å². The van der Waals surface area contributed by atoms with Crippen molar-refractivity contribution in [3.05, 3.63) is 29.0 Å². The molecule has 0 N–H and O–H groups in total. The number of hydrogen-bond donors (Lipinski definition) is 0. The Kier molecular flexibility index (Phi) is 4.46. The minimum atomic E-state index is -0.0850. The number of imidazole rings is 1. The van der Waals surface area contributed by atoms with Crippen LogP contribution in [0.5, 0.6) is 0 Å². The lowest BCUT2D eigenvalue weighted by atomic mass is 9.84. The van der Waals surface area contributed by atoms with Gasteiger partial charge in [-0.05, 0) is 43.9 Å².